The molecule has 0 saturated carbocycles. The first kappa shape index (κ1) is 11.9. The molecule has 0 bridgehead atoms. The molecule has 58 valence electrons. The van der Waals surface area contributed by atoms with Crippen molar-refractivity contribution < 1.29 is 4.84 Å². The van der Waals surface area contributed by atoms with Gasteiger partial charge in [-0.3, -0.25) is 0 Å². The molecule has 0 aliphatic carbocycles. The molecule has 3 heteroatoms. The third-order valence-corrected chi connectivity index (χ3v) is 1.27. The van der Waals surface area contributed by atoms with Crippen molar-refractivity contribution in [2.24, 2.45) is 0 Å². The van der Waals surface area contributed by atoms with Gasteiger partial charge in [0.1, 0.15) is 0 Å². The molecule has 0 aliphatic heterocycles. The van der Waals surface area contributed by atoms with E-state index in [1.807, 2.05) is 0 Å². The summed E-state index contributed by atoms with van der Waals surface area (Å²) < 4.78 is 0. The van der Waals surface area contributed by atoms with Gasteiger partial charge in [0, 0.05) is 6.04 Å². The van der Waals surface area contributed by atoms with Gasteiger partial charge < -0.3 is 4.84 Å². The monoisotopic (exact) mass is 153 g/mol. The lowest BCUT2D eigenvalue weighted by Crippen LogP contribution is -2.26. The predicted molar refractivity (Wildman–Crippen MR) is 41.8 cm³/mol. The predicted octanol–water partition coefficient (Wildman–Crippen LogP) is 1.75. The molecule has 0 aliphatic rings. The first-order valence-electron chi connectivity index (χ1n) is 3.13. The summed E-state index contributed by atoms with van der Waals surface area (Å²) in [5.74, 6) is 0. The second-order valence-corrected chi connectivity index (χ2v) is 1.84. The molecular formula is C6H16ClNO. The molecule has 0 spiro atoms. The van der Waals surface area contributed by atoms with Crippen LogP contribution in [0.25, 0.3) is 0 Å². The van der Waals surface area contributed by atoms with Crippen LogP contribution in [0.2, 0.25) is 0 Å². The molecule has 0 unspecified atom stereocenters. The lowest BCUT2D eigenvalue weighted by Gasteiger charge is -2.10. The smallest absolute Gasteiger partial charge is 0.0572 e. The highest BCUT2D eigenvalue weighted by Gasteiger charge is 1.98. The van der Waals surface area contributed by atoms with Gasteiger partial charge in [-0.05, 0) is 12.8 Å². The summed E-state index contributed by atoms with van der Waals surface area (Å²) >= 11 is 0. The number of rotatable bonds is 4. The minimum absolute atomic E-state index is 0. The van der Waals surface area contributed by atoms with Crippen molar-refractivity contribution in [1.29, 1.82) is 0 Å². The fraction of sp³-hybridized carbons (Fsp3) is 1.00. The van der Waals surface area contributed by atoms with E-state index >= 15 is 0 Å². The molecule has 2 nitrogen and oxygen atoms in total. The number of hydrogen-bond acceptors (Lipinski definition) is 2. The van der Waals surface area contributed by atoms with Gasteiger partial charge in [-0.2, -0.15) is 5.48 Å². The Balaban J connectivity index is 0. The summed E-state index contributed by atoms with van der Waals surface area (Å²) in [4.78, 5) is 4.74. The van der Waals surface area contributed by atoms with E-state index in [2.05, 4.69) is 19.3 Å². The van der Waals surface area contributed by atoms with Crippen molar-refractivity contribution in [2.45, 2.75) is 32.7 Å². The van der Waals surface area contributed by atoms with Gasteiger partial charge in [0.05, 0.1) is 7.11 Å². The van der Waals surface area contributed by atoms with Crippen LogP contribution >= 0.6 is 12.4 Å². The van der Waals surface area contributed by atoms with Crippen LogP contribution in [-0.4, -0.2) is 13.2 Å². The largest absolute Gasteiger partial charge is 0.305 e. The molecule has 0 aromatic rings. The van der Waals surface area contributed by atoms with E-state index in [1.54, 1.807) is 7.11 Å². The van der Waals surface area contributed by atoms with Crippen molar-refractivity contribution in [3.63, 3.8) is 0 Å². The lowest BCUT2D eigenvalue weighted by molar-refractivity contribution is 0.0584. The summed E-state index contributed by atoms with van der Waals surface area (Å²) in [6.45, 7) is 4.28. The maximum atomic E-state index is 4.74. The zero-order valence-corrected chi connectivity index (χ0v) is 7.12. The van der Waals surface area contributed by atoms with Gasteiger partial charge >= 0.3 is 0 Å². The molecule has 9 heavy (non-hydrogen) atoms. The van der Waals surface area contributed by atoms with E-state index < -0.39 is 0 Å². The molecular weight excluding hydrogens is 138 g/mol. The molecule has 0 rings (SSSR count). The Kier molecular flexibility index (Phi) is 10.9. The van der Waals surface area contributed by atoms with Crippen molar-refractivity contribution in [2.75, 3.05) is 7.11 Å². The van der Waals surface area contributed by atoms with E-state index in [0.717, 1.165) is 12.8 Å². The van der Waals surface area contributed by atoms with Crippen LogP contribution in [0.4, 0.5) is 0 Å². The molecule has 1 N–H and O–H groups in total. The van der Waals surface area contributed by atoms with Gasteiger partial charge in [0.25, 0.3) is 0 Å². The van der Waals surface area contributed by atoms with E-state index in [4.69, 9.17) is 4.84 Å². The minimum atomic E-state index is 0. The van der Waals surface area contributed by atoms with Gasteiger partial charge in [-0.25, -0.2) is 0 Å². The Morgan fingerprint density at radius 1 is 1.33 bits per heavy atom. The highest BCUT2D eigenvalue weighted by atomic mass is 35.5. The molecule has 0 saturated heterocycles. The number of hydroxylamine groups is 1. The Hall–Kier alpha value is 0.210. The van der Waals surface area contributed by atoms with Crippen molar-refractivity contribution >= 4 is 12.4 Å². The Morgan fingerprint density at radius 3 is 1.89 bits per heavy atom. The lowest BCUT2D eigenvalue weighted by atomic mass is 10.2. The normalized spacial score (nSPS) is 9.33. The Morgan fingerprint density at radius 2 is 1.78 bits per heavy atom. The van der Waals surface area contributed by atoms with E-state index in [9.17, 15) is 0 Å². The summed E-state index contributed by atoms with van der Waals surface area (Å²) in [6, 6.07) is 0.528. The van der Waals surface area contributed by atoms with Crippen LogP contribution in [-0.2, 0) is 4.84 Å². The molecule has 0 fully saturated rings. The molecule has 0 radical (unpaired) electrons. The molecule has 0 aromatic heterocycles. The van der Waals surface area contributed by atoms with Crippen molar-refractivity contribution in [3.8, 4) is 0 Å². The quantitative estimate of drug-likeness (QED) is 0.622. The Bertz CT molecular complexity index is 48.3. The van der Waals surface area contributed by atoms with Crippen LogP contribution < -0.4 is 5.48 Å². The minimum Gasteiger partial charge on any atom is -0.305 e. The maximum Gasteiger partial charge on any atom is 0.0572 e. The summed E-state index contributed by atoms with van der Waals surface area (Å²) in [5.41, 5.74) is 2.88. The third-order valence-electron chi connectivity index (χ3n) is 1.27. The fourth-order valence-corrected chi connectivity index (χ4v) is 0.622. The van der Waals surface area contributed by atoms with Crippen molar-refractivity contribution in [1.82, 2.24) is 5.48 Å². The van der Waals surface area contributed by atoms with Gasteiger partial charge in [0.15, 0.2) is 0 Å². The van der Waals surface area contributed by atoms with Crippen LogP contribution in [0.5, 0.6) is 0 Å². The number of nitrogens with one attached hydrogen (secondary N) is 1. The van der Waals surface area contributed by atoms with Crippen molar-refractivity contribution in [3.05, 3.63) is 0 Å². The maximum absolute atomic E-state index is 4.74. The topological polar surface area (TPSA) is 21.3 Å². The fourth-order valence-electron chi connectivity index (χ4n) is 0.622. The zero-order chi connectivity index (χ0) is 6.41. The van der Waals surface area contributed by atoms with Crippen LogP contribution in [0.15, 0.2) is 0 Å². The van der Waals surface area contributed by atoms with E-state index in [-0.39, 0.29) is 12.4 Å². The van der Waals surface area contributed by atoms with E-state index in [0.29, 0.717) is 6.04 Å². The van der Waals surface area contributed by atoms with E-state index in [1.165, 1.54) is 0 Å². The average Bonchev–Trinajstić information content (AvgIpc) is 1.83. The number of halogens is 1. The van der Waals surface area contributed by atoms with Gasteiger partial charge in [-0.15, -0.1) is 12.4 Å². The highest BCUT2D eigenvalue weighted by Crippen LogP contribution is 1.93. The average molecular weight is 154 g/mol. The SMILES string of the molecule is CCC(CC)NOC.Cl. The highest BCUT2D eigenvalue weighted by molar-refractivity contribution is 5.85. The van der Waals surface area contributed by atoms with Crippen LogP contribution in [0, 0.1) is 0 Å². The first-order valence-corrected chi connectivity index (χ1v) is 3.13. The first-order chi connectivity index (χ1) is 3.85. The summed E-state index contributed by atoms with van der Waals surface area (Å²) in [6.07, 6.45) is 2.26. The standard InChI is InChI=1S/C6H15NO.ClH/c1-4-6(5-2)7-8-3;/h6-7H,4-5H2,1-3H3;1H. The molecule has 0 aromatic carbocycles. The molecule has 0 amide bonds. The van der Waals surface area contributed by atoms with Crippen LogP contribution in [0.3, 0.4) is 0 Å². The molecule has 0 heterocycles. The molecule has 0 atom stereocenters. The number of hydrogen-bond donors (Lipinski definition) is 1. The summed E-state index contributed by atoms with van der Waals surface area (Å²) in [7, 11) is 1.65. The van der Waals surface area contributed by atoms with Gasteiger partial charge in [-0.1, -0.05) is 13.8 Å². The van der Waals surface area contributed by atoms with Gasteiger partial charge in [0.2, 0.25) is 0 Å². The Labute approximate surface area is 63.3 Å². The van der Waals surface area contributed by atoms with Crippen LogP contribution in [0.1, 0.15) is 26.7 Å². The second-order valence-electron chi connectivity index (χ2n) is 1.84. The second kappa shape index (κ2) is 8.21. The summed E-state index contributed by atoms with van der Waals surface area (Å²) in [5, 5.41) is 0. The third kappa shape index (κ3) is 6.09. The zero-order valence-electron chi connectivity index (χ0n) is 6.31.